The predicted octanol–water partition coefficient (Wildman–Crippen LogP) is 4.84. The minimum Gasteiger partial charge on any atom is -0.497 e. The Morgan fingerprint density at radius 2 is 1.41 bits per heavy atom. The number of benzene rings is 3. The number of hydrogen-bond donors (Lipinski definition) is 2. The molecule has 0 radical (unpaired) electrons. The van der Waals surface area contributed by atoms with Crippen LogP contribution in [0.3, 0.4) is 0 Å². The van der Waals surface area contributed by atoms with E-state index >= 15 is 0 Å². The molecule has 12 heteroatoms. The second kappa shape index (κ2) is 11.0. The first-order valence-electron chi connectivity index (χ1n) is 11.1. The van der Waals surface area contributed by atoms with Crippen molar-refractivity contribution in [3.8, 4) is 5.75 Å². The van der Waals surface area contributed by atoms with Crippen molar-refractivity contribution in [1.82, 2.24) is 5.32 Å². The van der Waals surface area contributed by atoms with E-state index in [0.29, 0.717) is 30.1 Å². The summed E-state index contributed by atoms with van der Waals surface area (Å²) in [5.41, 5.74) is 0.859. The minimum absolute atomic E-state index is 0.0543. The van der Waals surface area contributed by atoms with Crippen LogP contribution in [0.15, 0.2) is 48.5 Å². The van der Waals surface area contributed by atoms with E-state index in [1.807, 2.05) is 4.90 Å². The molecule has 0 unspecified atom stereocenters. The Hall–Kier alpha value is -3.93. The summed E-state index contributed by atoms with van der Waals surface area (Å²) >= 11 is 5.21. The number of anilines is 3. The van der Waals surface area contributed by atoms with E-state index in [9.17, 15) is 26.7 Å². The number of piperazine rings is 1. The molecule has 1 aliphatic rings. The highest BCUT2D eigenvalue weighted by Crippen LogP contribution is 2.31. The summed E-state index contributed by atoms with van der Waals surface area (Å²) in [6.45, 7) is 0.694. The molecule has 1 heterocycles. The molecular formula is C25H21F5N4O2S. The number of hydrogen-bond acceptors (Lipinski definition) is 5. The van der Waals surface area contributed by atoms with Gasteiger partial charge in [0.05, 0.1) is 7.11 Å². The highest BCUT2D eigenvalue weighted by atomic mass is 32.1. The van der Waals surface area contributed by atoms with Gasteiger partial charge in [0.2, 0.25) is 5.82 Å². The summed E-state index contributed by atoms with van der Waals surface area (Å²) < 4.78 is 73.9. The third-order valence-corrected chi connectivity index (χ3v) is 6.04. The lowest BCUT2D eigenvalue weighted by atomic mass is 10.2. The fourth-order valence-electron chi connectivity index (χ4n) is 3.92. The number of halogens is 5. The highest BCUT2D eigenvalue weighted by molar-refractivity contribution is 7.80. The Morgan fingerprint density at radius 3 is 2.00 bits per heavy atom. The van der Waals surface area contributed by atoms with Gasteiger partial charge in [-0.25, -0.2) is 22.0 Å². The van der Waals surface area contributed by atoms with Crippen molar-refractivity contribution in [2.24, 2.45) is 0 Å². The van der Waals surface area contributed by atoms with E-state index in [0.717, 1.165) is 10.6 Å². The van der Waals surface area contributed by atoms with E-state index < -0.39 is 40.7 Å². The third kappa shape index (κ3) is 5.58. The molecular weight excluding hydrogens is 515 g/mol. The van der Waals surface area contributed by atoms with Crippen LogP contribution in [0.5, 0.6) is 5.75 Å². The van der Waals surface area contributed by atoms with Crippen LogP contribution in [0.25, 0.3) is 0 Å². The van der Waals surface area contributed by atoms with Gasteiger partial charge in [-0.1, -0.05) is 6.07 Å². The average molecular weight is 537 g/mol. The van der Waals surface area contributed by atoms with E-state index in [1.54, 1.807) is 48.5 Å². The Kier molecular flexibility index (Phi) is 7.77. The average Bonchev–Trinajstić information content (AvgIpc) is 2.91. The van der Waals surface area contributed by atoms with Gasteiger partial charge in [0.15, 0.2) is 28.4 Å². The van der Waals surface area contributed by atoms with E-state index in [1.165, 1.54) is 7.11 Å². The first kappa shape index (κ1) is 26.1. The summed E-state index contributed by atoms with van der Waals surface area (Å²) in [4.78, 5) is 15.4. The van der Waals surface area contributed by atoms with Crippen LogP contribution in [0.2, 0.25) is 0 Å². The van der Waals surface area contributed by atoms with Crippen LogP contribution in [0, 0.1) is 29.1 Å². The standard InChI is InChI=1S/C25H21F5N4O2S/c1-36-17-4-2-3-14(13-17)24(35)32-25(37)31-15-5-7-16(8-6-15)33-9-11-34(12-10-33)23-21(29)19(27)18(26)20(28)22(23)30/h2-8,13H,9-12H2,1H3,(H2,31,32,35,37). The lowest BCUT2D eigenvalue weighted by Crippen LogP contribution is -2.47. The maximum Gasteiger partial charge on any atom is 0.257 e. The summed E-state index contributed by atoms with van der Waals surface area (Å²) in [5.74, 6) is -9.64. The van der Waals surface area contributed by atoms with Crippen LogP contribution in [-0.2, 0) is 0 Å². The fraction of sp³-hybridized carbons (Fsp3) is 0.200. The molecule has 37 heavy (non-hydrogen) atoms. The van der Waals surface area contributed by atoms with Crippen LogP contribution in [-0.4, -0.2) is 44.3 Å². The molecule has 1 saturated heterocycles. The molecule has 0 bridgehead atoms. The lowest BCUT2D eigenvalue weighted by Gasteiger charge is -2.37. The number of ether oxygens (including phenoxy) is 1. The van der Waals surface area contributed by atoms with Crippen molar-refractivity contribution in [2.75, 3.05) is 48.4 Å². The van der Waals surface area contributed by atoms with Crippen LogP contribution in [0.1, 0.15) is 10.4 Å². The largest absolute Gasteiger partial charge is 0.497 e. The molecule has 0 aromatic heterocycles. The number of carbonyl (C=O) groups excluding carboxylic acids is 1. The van der Waals surface area contributed by atoms with Crippen LogP contribution in [0.4, 0.5) is 39.0 Å². The maximum atomic E-state index is 14.1. The second-order valence-corrected chi connectivity index (χ2v) is 8.49. The zero-order chi connectivity index (χ0) is 26.7. The number of amides is 1. The third-order valence-electron chi connectivity index (χ3n) is 5.83. The van der Waals surface area contributed by atoms with Crippen LogP contribution < -0.4 is 25.2 Å². The molecule has 1 amide bonds. The first-order chi connectivity index (χ1) is 17.7. The number of nitrogens with zero attached hydrogens (tertiary/aromatic N) is 2. The molecule has 2 N–H and O–H groups in total. The van der Waals surface area contributed by atoms with Gasteiger partial charge in [-0.3, -0.25) is 10.1 Å². The monoisotopic (exact) mass is 536 g/mol. The quantitative estimate of drug-likeness (QED) is 0.211. The van der Waals surface area contributed by atoms with Crippen LogP contribution >= 0.6 is 12.2 Å². The summed E-state index contributed by atoms with van der Waals surface area (Å²) in [5, 5.41) is 5.60. The number of nitrogens with one attached hydrogen (secondary N) is 2. The van der Waals surface area contributed by atoms with Crippen molar-refractivity contribution in [1.29, 1.82) is 0 Å². The molecule has 0 atom stereocenters. The summed E-state index contributed by atoms with van der Waals surface area (Å²) in [7, 11) is 1.50. The van der Waals surface area contributed by atoms with Gasteiger partial charge in [-0.05, 0) is 54.7 Å². The summed E-state index contributed by atoms with van der Waals surface area (Å²) in [6.07, 6.45) is 0. The fourth-order valence-corrected chi connectivity index (χ4v) is 4.13. The SMILES string of the molecule is COc1cccc(C(=O)NC(=S)Nc2ccc(N3CCN(c4c(F)c(F)c(F)c(F)c4F)CC3)cc2)c1. The zero-order valence-corrected chi connectivity index (χ0v) is 20.3. The molecule has 6 nitrogen and oxygen atoms in total. The number of methoxy groups -OCH3 is 1. The molecule has 0 aliphatic carbocycles. The van der Waals surface area contributed by atoms with Gasteiger partial charge in [0.25, 0.3) is 5.91 Å². The topological polar surface area (TPSA) is 56.8 Å². The van der Waals surface area contributed by atoms with Gasteiger partial charge >= 0.3 is 0 Å². The number of rotatable bonds is 5. The maximum absolute atomic E-state index is 14.1. The Morgan fingerprint density at radius 1 is 0.838 bits per heavy atom. The number of carbonyl (C=O) groups is 1. The molecule has 0 saturated carbocycles. The van der Waals surface area contributed by atoms with E-state index in [-0.39, 0.29) is 18.2 Å². The van der Waals surface area contributed by atoms with Gasteiger partial charge < -0.3 is 19.9 Å². The van der Waals surface area contributed by atoms with Gasteiger partial charge in [0.1, 0.15) is 11.4 Å². The minimum atomic E-state index is -2.18. The van der Waals surface area contributed by atoms with E-state index in [4.69, 9.17) is 17.0 Å². The van der Waals surface area contributed by atoms with Gasteiger partial charge in [-0.2, -0.15) is 0 Å². The van der Waals surface area contributed by atoms with Gasteiger partial charge in [0, 0.05) is 43.1 Å². The summed E-state index contributed by atoms with van der Waals surface area (Å²) in [6, 6.07) is 13.6. The molecule has 1 fully saturated rings. The smallest absolute Gasteiger partial charge is 0.257 e. The molecule has 194 valence electrons. The van der Waals surface area contributed by atoms with Gasteiger partial charge in [-0.15, -0.1) is 0 Å². The van der Waals surface area contributed by atoms with E-state index in [2.05, 4.69) is 10.6 Å². The Bertz CT molecular complexity index is 1300. The Balaban J connectivity index is 1.34. The number of thiocarbonyl (C=S) groups is 1. The van der Waals surface area contributed by atoms with Crippen molar-refractivity contribution in [3.05, 3.63) is 83.2 Å². The predicted molar refractivity (Wildman–Crippen MR) is 134 cm³/mol. The molecule has 1 aliphatic heterocycles. The van der Waals surface area contributed by atoms with Crippen molar-refractivity contribution >= 4 is 40.3 Å². The van der Waals surface area contributed by atoms with Crippen molar-refractivity contribution < 1.29 is 31.5 Å². The lowest BCUT2D eigenvalue weighted by molar-refractivity contribution is 0.0977. The molecule has 4 rings (SSSR count). The molecule has 0 spiro atoms. The molecule has 3 aromatic carbocycles. The highest BCUT2D eigenvalue weighted by Gasteiger charge is 2.30. The zero-order valence-electron chi connectivity index (χ0n) is 19.5. The Labute approximate surface area is 214 Å². The molecule has 3 aromatic rings. The normalized spacial score (nSPS) is 13.4. The first-order valence-corrected chi connectivity index (χ1v) is 11.5. The van der Waals surface area contributed by atoms with Crippen molar-refractivity contribution in [3.63, 3.8) is 0 Å². The second-order valence-electron chi connectivity index (χ2n) is 8.08. The van der Waals surface area contributed by atoms with Crippen molar-refractivity contribution in [2.45, 2.75) is 0 Å².